The summed E-state index contributed by atoms with van der Waals surface area (Å²) >= 11 is 0. The van der Waals surface area contributed by atoms with Gasteiger partial charge in [0.25, 0.3) is 0 Å². The molecule has 0 bridgehead atoms. The summed E-state index contributed by atoms with van der Waals surface area (Å²) in [5, 5.41) is 2.61. The Morgan fingerprint density at radius 1 is 1.20 bits per heavy atom. The Morgan fingerprint density at radius 3 is 2.56 bits per heavy atom. The number of hydrogen-bond acceptors (Lipinski definition) is 3. The number of halogens is 3. The van der Waals surface area contributed by atoms with Crippen molar-refractivity contribution in [3.8, 4) is 11.5 Å². The van der Waals surface area contributed by atoms with Crippen LogP contribution in [0.5, 0.6) is 11.5 Å². The number of hydrogen-bond donors (Lipinski definition) is 1. The third-order valence-electron chi connectivity index (χ3n) is 3.23. The predicted molar refractivity (Wildman–Crippen MR) is 86.9 cm³/mol. The summed E-state index contributed by atoms with van der Waals surface area (Å²) in [7, 11) is 1.33. The Kier molecular flexibility index (Phi) is 6.45. The number of rotatable bonds is 7. The van der Waals surface area contributed by atoms with Crippen LogP contribution in [0.15, 0.2) is 48.5 Å². The van der Waals surface area contributed by atoms with Gasteiger partial charge in [0, 0.05) is 18.2 Å². The lowest BCUT2D eigenvalue weighted by molar-refractivity contribution is -0.116. The zero-order chi connectivity index (χ0) is 18.2. The largest absolute Gasteiger partial charge is 0.493 e. The van der Waals surface area contributed by atoms with Crippen LogP contribution in [0.3, 0.4) is 0 Å². The van der Waals surface area contributed by atoms with Crippen LogP contribution in [0.4, 0.5) is 13.2 Å². The summed E-state index contributed by atoms with van der Waals surface area (Å²) in [5.41, 5.74) is 1.00. The Bertz CT molecular complexity index is 746. The number of para-hydroxylation sites is 1. The van der Waals surface area contributed by atoms with E-state index in [1.807, 2.05) is 0 Å². The van der Waals surface area contributed by atoms with E-state index < -0.39 is 12.5 Å². The van der Waals surface area contributed by atoms with E-state index in [1.165, 1.54) is 43.5 Å². The van der Waals surface area contributed by atoms with Crippen LogP contribution in [0.2, 0.25) is 0 Å². The smallest absolute Gasteiger partial charge is 0.387 e. The Balaban J connectivity index is 2.04. The molecule has 1 amide bonds. The van der Waals surface area contributed by atoms with Gasteiger partial charge in [-0.15, -0.1) is 0 Å². The lowest BCUT2D eigenvalue weighted by Crippen LogP contribution is -2.20. The van der Waals surface area contributed by atoms with E-state index in [-0.39, 0.29) is 29.4 Å². The van der Waals surface area contributed by atoms with Crippen molar-refractivity contribution in [2.45, 2.75) is 13.2 Å². The molecule has 0 radical (unpaired) electrons. The molecule has 0 aliphatic heterocycles. The molecule has 1 N–H and O–H groups in total. The van der Waals surface area contributed by atoms with Gasteiger partial charge in [0.15, 0.2) is 11.5 Å². The van der Waals surface area contributed by atoms with Gasteiger partial charge < -0.3 is 14.8 Å². The first-order chi connectivity index (χ1) is 12.0. The minimum Gasteiger partial charge on any atom is -0.493 e. The summed E-state index contributed by atoms with van der Waals surface area (Å²) in [6, 6.07) is 10.3. The summed E-state index contributed by atoms with van der Waals surface area (Å²) < 4.78 is 47.3. The Labute approximate surface area is 142 Å². The SMILES string of the molecule is COc1cccc(/C=C/C(=O)NCc2ccc(F)cc2)c1OC(F)F. The molecule has 132 valence electrons. The molecule has 0 aliphatic carbocycles. The van der Waals surface area contributed by atoms with E-state index in [0.717, 1.165) is 5.56 Å². The maximum Gasteiger partial charge on any atom is 0.387 e. The number of methoxy groups -OCH3 is 1. The summed E-state index contributed by atoms with van der Waals surface area (Å²) in [5.74, 6) is -0.813. The van der Waals surface area contributed by atoms with Crippen molar-refractivity contribution in [1.82, 2.24) is 5.32 Å². The van der Waals surface area contributed by atoms with E-state index in [4.69, 9.17) is 4.74 Å². The molecule has 0 saturated carbocycles. The van der Waals surface area contributed by atoms with Crippen LogP contribution in [-0.2, 0) is 11.3 Å². The summed E-state index contributed by atoms with van der Waals surface area (Å²) in [4.78, 5) is 11.9. The van der Waals surface area contributed by atoms with Crippen molar-refractivity contribution in [2.75, 3.05) is 7.11 Å². The number of nitrogens with one attached hydrogen (secondary N) is 1. The van der Waals surface area contributed by atoms with Gasteiger partial charge in [-0.1, -0.05) is 24.3 Å². The first kappa shape index (κ1) is 18.4. The third-order valence-corrected chi connectivity index (χ3v) is 3.23. The van der Waals surface area contributed by atoms with Crippen molar-refractivity contribution >= 4 is 12.0 Å². The minimum atomic E-state index is -3.02. The lowest BCUT2D eigenvalue weighted by atomic mass is 10.1. The highest BCUT2D eigenvalue weighted by Gasteiger charge is 2.13. The summed E-state index contributed by atoms with van der Waals surface area (Å²) in [6.45, 7) is -2.81. The fraction of sp³-hybridized carbons (Fsp3) is 0.167. The lowest BCUT2D eigenvalue weighted by Gasteiger charge is -2.12. The predicted octanol–water partition coefficient (Wildman–Crippen LogP) is 3.77. The van der Waals surface area contributed by atoms with Gasteiger partial charge in [-0.05, 0) is 29.8 Å². The highest BCUT2D eigenvalue weighted by Crippen LogP contribution is 2.33. The van der Waals surface area contributed by atoms with Crippen LogP contribution in [0.1, 0.15) is 11.1 Å². The van der Waals surface area contributed by atoms with Crippen molar-refractivity contribution in [1.29, 1.82) is 0 Å². The van der Waals surface area contributed by atoms with E-state index in [1.54, 1.807) is 18.2 Å². The zero-order valence-corrected chi connectivity index (χ0v) is 13.3. The van der Waals surface area contributed by atoms with Crippen LogP contribution in [0, 0.1) is 5.82 Å². The molecule has 0 heterocycles. The number of benzene rings is 2. The monoisotopic (exact) mass is 351 g/mol. The van der Waals surface area contributed by atoms with E-state index in [2.05, 4.69) is 10.1 Å². The van der Waals surface area contributed by atoms with Gasteiger partial charge in [0.05, 0.1) is 7.11 Å². The molecule has 0 unspecified atom stereocenters. The van der Waals surface area contributed by atoms with Gasteiger partial charge in [0.1, 0.15) is 5.82 Å². The highest BCUT2D eigenvalue weighted by atomic mass is 19.3. The highest BCUT2D eigenvalue weighted by molar-refractivity contribution is 5.92. The standard InChI is InChI=1S/C18H16F3NO3/c1-24-15-4-2-3-13(17(15)25-18(20)21)7-10-16(23)22-11-12-5-8-14(19)9-6-12/h2-10,18H,11H2,1H3,(H,22,23)/b10-7+. The maximum atomic E-state index is 12.8. The van der Waals surface area contributed by atoms with E-state index in [9.17, 15) is 18.0 Å². The molecule has 4 nitrogen and oxygen atoms in total. The number of carbonyl (C=O) groups excluding carboxylic acids is 1. The van der Waals surface area contributed by atoms with Crippen molar-refractivity contribution < 1.29 is 27.4 Å². The van der Waals surface area contributed by atoms with Gasteiger partial charge in [0.2, 0.25) is 5.91 Å². The average molecular weight is 351 g/mol. The first-order valence-electron chi connectivity index (χ1n) is 7.31. The van der Waals surface area contributed by atoms with Crippen LogP contribution >= 0.6 is 0 Å². The van der Waals surface area contributed by atoms with Crippen LogP contribution < -0.4 is 14.8 Å². The molecule has 7 heteroatoms. The Hall–Kier alpha value is -2.96. The number of alkyl halides is 2. The topological polar surface area (TPSA) is 47.6 Å². The zero-order valence-electron chi connectivity index (χ0n) is 13.3. The molecular weight excluding hydrogens is 335 g/mol. The fourth-order valence-electron chi connectivity index (χ4n) is 2.06. The molecule has 0 spiro atoms. The molecule has 0 aliphatic rings. The second-order valence-corrected chi connectivity index (χ2v) is 4.93. The Morgan fingerprint density at radius 2 is 1.92 bits per heavy atom. The van der Waals surface area contributed by atoms with E-state index >= 15 is 0 Å². The van der Waals surface area contributed by atoms with Crippen LogP contribution in [-0.4, -0.2) is 19.6 Å². The number of amides is 1. The van der Waals surface area contributed by atoms with Gasteiger partial charge in [-0.2, -0.15) is 8.78 Å². The normalized spacial score (nSPS) is 10.9. The fourth-order valence-corrected chi connectivity index (χ4v) is 2.06. The molecule has 2 aromatic carbocycles. The molecule has 0 aromatic heterocycles. The van der Waals surface area contributed by atoms with Gasteiger partial charge >= 0.3 is 6.61 Å². The van der Waals surface area contributed by atoms with E-state index in [0.29, 0.717) is 0 Å². The molecule has 0 atom stereocenters. The van der Waals surface area contributed by atoms with Gasteiger partial charge in [-0.25, -0.2) is 4.39 Å². The summed E-state index contributed by atoms with van der Waals surface area (Å²) in [6.07, 6.45) is 2.54. The molecule has 2 aromatic rings. The maximum absolute atomic E-state index is 12.8. The quantitative estimate of drug-likeness (QED) is 0.773. The van der Waals surface area contributed by atoms with Crippen molar-refractivity contribution in [3.63, 3.8) is 0 Å². The van der Waals surface area contributed by atoms with Crippen molar-refractivity contribution in [3.05, 3.63) is 65.5 Å². The second kappa shape index (κ2) is 8.77. The molecule has 0 fully saturated rings. The molecule has 0 saturated heterocycles. The third kappa shape index (κ3) is 5.56. The second-order valence-electron chi connectivity index (χ2n) is 4.93. The minimum absolute atomic E-state index is 0.133. The molecule has 25 heavy (non-hydrogen) atoms. The first-order valence-corrected chi connectivity index (χ1v) is 7.31. The van der Waals surface area contributed by atoms with Gasteiger partial charge in [-0.3, -0.25) is 4.79 Å². The van der Waals surface area contributed by atoms with Crippen molar-refractivity contribution in [2.24, 2.45) is 0 Å². The number of carbonyl (C=O) groups is 1. The number of ether oxygens (including phenoxy) is 2. The molecular formula is C18H16F3NO3. The average Bonchev–Trinajstić information content (AvgIpc) is 2.59. The molecule has 2 rings (SSSR count). The van der Waals surface area contributed by atoms with Crippen LogP contribution in [0.25, 0.3) is 6.08 Å².